The second-order valence-corrected chi connectivity index (χ2v) is 3.01. The molecule has 1 N–H and O–H groups in total. The highest BCUT2D eigenvalue weighted by atomic mass is 16.5. The lowest BCUT2D eigenvalue weighted by Gasteiger charge is -2.06. The van der Waals surface area contributed by atoms with Crippen molar-refractivity contribution in [1.29, 1.82) is 0 Å². The maximum Gasteiger partial charge on any atom is 0.237 e. The maximum atomic E-state index is 4.26. The van der Waals surface area contributed by atoms with E-state index in [0.29, 0.717) is 0 Å². The van der Waals surface area contributed by atoms with Crippen molar-refractivity contribution in [3.63, 3.8) is 0 Å². The summed E-state index contributed by atoms with van der Waals surface area (Å²) in [6, 6.07) is 8.00. The zero-order valence-corrected chi connectivity index (χ0v) is 7.49. The van der Waals surface area contributed by atoms with Crippen LogP contribution in [0.2, 0.25) is 0 Å². The van der Waals surface area contributed by atoms with E-state index in [1.54, 1.807) is 6.20 Å². The maximum absolute atomic E-state index is 4.26. The van der Waals surface area contributed by atoms with Gasteiger partial charge in [-0.2, -0.15) is 0 Å². The quantitative estimate of drug-likeness (QED) is 0.480. The van der Waals surface area contributed by atoms with Crippen LogP contribution in [0.3, 0.4) is 0 Å². The van der Waals surface area contributed by atoms with Gasteiger partial charge < -0.3 is 4.74 Å². The summed E-state index contributed by atoms with van der Waals surface area (Å²) in [6.07, 6.45) is 1.76. The Morgan fingerprint density at radius 1 is 1.31 bits per heavy atom. The molecule has 1 aromatic carbocycles. The van der Waals surface area contributed by atoms with Gasteiger partial charge in [0, 0.05) is 12.3 Å². The number of pyridine rings is 1. The summed E-state index contributed by atoms with van der Waals surface area (Å²) in [6.45, 7) is 2.05. The summed E-state index contributed by atoms with van der Waals surface area (Å²) in [5, 5.41) is 1.06. The number of fused-ring (bicyclic) bond motifs is 1. The van der Waals surface area contributed by atoms with E-state index in [2.05, 4.69) is 29.8 Å². The first-order valence-electron chi connectivity index (χ1n) is 4.13. The molecule has 2 heteroatoms. The molecule has 0 aliphatic heterocycles. The molecule has 66 valence electrons. The van der Waals surface area contributed by atoms with Crippen LogP contribution in [-0.2, 0) is 0 Å². The molecular formula is C11H11NO. The van der Waals surface area contributed by atoms with E-state index in [1.807, 2.05) is 18.2 Å². The van der Waals surface area contributed by atoms with E-state index in [9.17, 15) is 0 Å². The molecule has 2 nitrogen and oxygen atoms in total. The molecule has 0 fully saturated rings. The number of aromatic hydroxyl groups is 1. The van der Waals surface area contributed by atoms with Gasteiger partial charge in [0.25, 0.3) is 0 Å². The van der Waals surface area contributed by atoms with Gasteiger partial charge in [0.1, 0.15) is 0 Å². The number of aliphatic hydroxyl groups is 1. The van der Waals surface area contributed by atoms with Crippen molar-refractivity contribution in [2.45, 2.75) is 6.92 Å². The fourth-order valence-corrected chi connectivity index (χ4v) is 1.38. The van der Waals surface area contributed by atoms with Crippen LogP contribution in [0.1, 0.15) is 5.56 Å². The van der Waals surface area contributed by atoms with Crippen molar-refractivity contribution in [2.75, 3.05) is 0 Å². The molecule has 0 saturated heterocycles. The predicted octanol–water partition coefficient (Wildman–Crippen LogP) is 2.58. The lowest BCUT2D eigenvalue weighted by Crippen LogP contribution is -1.83. The van der Waals surface area contributed by atoms with Crippen molar-refractivity contribution >= 4 is 10.9 Å². The lowest BCUT2D eigenvalue weighted by atomic mass is 10.1. The molecule has 0 bridgehead atoms. The van der Waals surface area contributed by atoms with E-state index in [0.717, 1.165) is 16.7 Å². The molecule has 13 heavy (non-hydrogen) atoms. The lowest BCUT2D eigenvalue weighted by molar-refractivity contribution is 0.189. The zero-order valence-electron chi connectivity index (χ0n) is 7.49. The van der Waals surface area contributed by atoms with Crippen LogP contribution in [0.5, 0.6) is 5.75 Å². The third kappa shape index (κ3) is 1.35. The van der Waals surface area contributed by atoms with Gasteiger partial charge >= 0.3 is 0 Å². The highest BCUT2D eigenvalue weighted by Gasteiger charge is 2.02. The molecular weight excluding hydrogens is 162 g/mol. The molecule has 1 heterocycles. The summed E-state index contributed by atoms with van der Waals surface area (Å²) < 4.78 is 3.94. The van der Waals surface area contributed by atoms with Crippen molar-refractivity contribution in [2.24, 2.45) is 0 Å². The van der Waals surface area contributed by atoms with Crippen LogP contribution in [0, 0.1) is 14.0 Å². The van der Waals surface area contributed by atoms with Gasteiger partial charge in [-0.25, -0.2) is 0 Å². The highest BCUT2D eigenvalue weighted by molar-refractivity contribution is 5.85. The number of hydrogen-bond acceptors (Lipinski definition) is 1. The molecule has 1 aromatic heterocycles. The van der Waals surface area contributed by atoms with Gasteiger partial charge in [-0.15, -0.1) is 0 Å². The molecule has 0 atom stereocenters. The predicted molar refractivity (Wildman–Crippen MR) is 53.5 cm³/mol. The molecule has 0 aliphatic carbocycles. The Hall–Kier alpha value is -1.57. The van der Waals surface area contributed by atoms with E-state index in [4.69, 9.17) is 0 Å². The molecule has 2 rings (SSSR count). The van der Waals surface area contributed by atoms with E-state index in [-0.39, 0.29) is 0 Å². The van der Waals surface area contributed by atoms with Crippen LogP contribution < -0.4 is 0 Å². The summed E-state index contributed by atoms with van der Waals surface area (Å²) in [7, 11) is 3.53. The number of benzene rings is 1. The van der Waals surface area contributed by atoms with Gasteiger partial charge in [-0.1, -0.05) is 6.07 Å². The Bertz CT molecular complexity index is 437. The van der Waals surface area contributed by atoms with Crippen LogP contribution in [-0.4, -0.2) is 9.72 Å². The monoisotopic (exact) mass is 173 g/mol. The van der Waals surface area contributed by atoms with Crippen molar-refractivity contribution in [3.8, 4) is 5.75 Å². The molecule has 2 aromatic rings. The third-order valence-corrected chi connectivity index (χ3v) is 2.05. The summed E-state index contributed by atoms with van der Waals surface area (Å²) in [5.41, 5.74) is 2.19. The van der Waals surface area contributed by atoms with E-state index in [1.165, 1.54) is 5.56 Å². The Balaban J connectivity index is 2.77. The Morgan fingerprint density at radius 2 is 2.15 bits per heavy atom. The van der Waals surface area contributed by atoms with Crippen molar-refractivity contribution in [1.82, 2.24) is 4.98 Å². The van der Waals surface area contributed by atoms with Crippen LogP contribution >= 0.6 is 0 Å². The number of rotatable bonds is 1. The summed E-state index contributed by atoms with van der Waals surface area (Å²) in [5.74, 6) is 0.894. The first-order chi connectivity index (χ1) is 6.31. The van der Waals surface area contributed by atoms with E-state index >= 15 is 0 Å². The topological polar surface area (TPSA) is 25.7 Å². The normalized spacial score (nSPS) is 10.3. The van der Waals surface area contributed by atoms with Gasteiger partial charge in [0.15, 0.2) is 0 Å². The minimum atomic E-state index is 0.894. The number of aryl methyl sites for hydroxylation is 1. The van der Waals surface area contributed by atoms with Crippen LogP contribution in [0.4, 0.5) is 0 Å². The standard InChI is InChI=1S/C11H11NO/c1-8-3-4-9-10(7-8)12-6-5-11(9)13-2/h3-7,13H,2H2,1H3. The number of hydrogen-bond donors (Lipinski definition) is 0. The van der Waals surface area contributed by atoms with Crippen molar-refractivity contribution < 1.29 is 4.74 Å². The Kier molecular flexibility index (Phi) is 1.89. The Morgan fingerprint density at radius 3 is 2.92 bits per heavy atom. The molecule has 0 unspecified atom stereocenters. The molecule has 0 aliphatic rings. The second-order valence-electron chi connectivity index (χ2n) is 3.01. The molecule has 0 radical (unpaired) electrons. The summed E-state index contributed by atoms with van der Waals surface area (Å²) in [4.78, 5) is 4.26. The van der Waals surface area contributed by atoms with Crippen LogP contribution in [0.25, 0.3) is 10.9 Å². The minimum absolute atomic E-state index is 0.894. The summed E-state index contributed by atoms with van der Waals surface area (Å²) >= 11 is 0. The molecule has 0 spiro atoms. The van der Waals surface area contributed by atoms with Gasteiger partial charge in [-0.3, -0.25) is 4.98 Å². The average Bonchev–Trinajstić information content (AvgIpc) is 2.16. The van der Waals surface area contributed by atoms with Gasteiger partial charge in [0.05, 0.1) is 10.9 Å². The smallest absolute Gasteiger partial charge is 0.237 e. The fraction of sp³-hybridized carbons (Fsp3) is 0.0909. The highest BCUT2D eigenvalue weighted by Crippen LogP contribution is 2.24. The molecule has 0 amide bonds. The van der Waals surface area contributed by atoms with E-state index < -0.39 is 0 Å². The third-order valence-electron chi connectivity index (χ3n) is 2.05. The Labute approximate surface area is 77.2 Å². The van der Waals surface area contributed by atoms with Crippen LogP contribution in [0.15, 0.2) is 30.5 Å². The molecule has 0 saturated carbocycles. The number of ether oxygens (including phenoxy) is 1. The van der Waals surface area contributed by atoms with Gasteiger partial charge in [0.2, 0.25) is 5.75 Å². The average molecular weight is 173 g/mol. The fourth-order valence-electron chi connectivity index (χ4n) is 1.38. The van der Waals surface area contributed by atoms with Crippen molar-refractivity contribution in [3.05, 3.63) is 43.1 Å². The largest absolute Gasteiger partial charge is 0.721 e. The first kappa shape index (κ1) is 8.05. The zero-order chi connectivity index (χ0) is 9.26. The number of nitrogens with zero attached hydrogens (tertiary/aromatic N) is 1. The first-order valence-corrected chi connectivity index (χ1v) is 4.13. The second kappa shape index (κ2) is 3.05. The number of aromatic nitrogens is 1. The SMILES string of the molecule is [CH2-][OH+]c1ccnc2cc(C)ccc12. The minimum Gasteiger partial charge on any atom is -0.721 e. The van der Waals surface area contributed by atoms with Gasteiger partial charge in [-0.05, 0) is 31.7 Å².